The van der Waals surface area contributed by atoms with Crippen LogP contribution in [0.4, 0.5) is 0 Å². The number of allylic oxidation sites excluding steroid dienone is 2. The Morgan fingerprint density at radius 1 is 1.21 bits per heavy atom. The molecular formula is C29H44ClNO2. The predicted octanol–water partition coefficient (Wildman–Crippen LogP) is 5.95. The Balaban J connectivity index is 1.33. The number of hydrogen-bond acceptors (Lipinski definition) is 3. The highest BCUT2D eigenvalue weighted by Gasteiger charge is 2.61. The molecule has 2 heterocycles. The van der Waals surface area contributed by atoms with Crippen LogP contribution >= 0.6 is 11.6 Å². The third kappa shape index (κ3) is 3.24. The van der Waals surface area contributed by atoms with Gasteiger partial charge in [0.2, 0.25) is 0 Å². The SMILES string of the molecule is CC1=C2C[C@H]3C(CC=C4CC(O)CCC43C)[C@@H]2CC[C@]12O[C@@H]1CC(C)CN(CCCl)C1[C@H]2C. The molecule has 184 valence electrons. The van der Waals surface area contributed by atoms with Gasteiger partial charge in [-0.15, -0.1) is 11.6 Å². The lowest BCUT2D eigenvalue weighted by Crippen LogP contribution is -2.52. The molecule has 2 saturated heterocycles. The molecule has 4 fully saturated rings. The van der Waals surface area contributed by atoms with Gasteiger partial charge in [-0.2, -0.15) is 0 Å². The molecular weight excluding hydrogens is 430 g/mol. The van der Waals surface area contributed by atoms with E-state index in [0.717, 1.165) is 43.6 Å². The zero-order chi connectivity index (χ0) is 23.1. The summed E-state index contributed by atoms with van der Waals surface area (Å²) in [6.07, 6.45) is 12.0. The minimum absolute atomic E-state index is 0.0663. The number of rotatable bonds is 2. The van der Waals surface area contributed by atoms with Crippen molar-refractivity contribution >= 4 is 11.6 Å². The number of nitrogens with zero attached hydrogens (tertiary/aromatic N) is 1. The van der Waals surface area contributed by atoms with Crippen LogP contribution in [0.3, 0.4) is 0 Å². The van der Waals surface area contributed by atoms with Gasteiger partial charge >= 0.3 is 0 Å². The second-order valence-electron chi connectivity index (χ2n) is 12.9. The van der Waals surface area contributed by atoms with Crippen LogP contribution in [-0.4, -0.2) is 52.8 Å². The molecule has 33 heavy (non-hydrogen) atoms. The Labute approximate surface area is 206 Å². The molecule has 0 radical (unpaired) electrons. The van der Waals surface area contributed by atoms with Crippen LogP contribution in [-0.2, 0) is 4.74 Å². The molecule has 5 unspecified atom stereocenters. The summed E-state index contributed by atoms with van der Waals surface area (Å²) in [6, 6.07) is 0.515. The number of aliphatic hydroxyl groups excluding tert-OH is 1. The van der Waals surface area contributed by atoms with Gasteiger partial charge in [-0.1, -0.05) is 38.0 Å². The highest BCUT2D eigenvalue weighted by Crippen LogP contribution is 2.65. The molecule has 4 aliphatic carbocycles. The lowest BCUT2D eigenvalue weighted by atomic mass is 9.56. The first-order valence-corrected chi connectivity index (χ1v) is 14.4. The molecule has 4 heteroatoms. The molecule has 0 aromatic heterocycles. The number of piperidine rings is 1. The summed E-state index contributed by atoms with van der Waals surface area (Å²) in [4.78, 5) is 2.66. The molecule has 6 rings (SSSR count). The molecule has 6 aliphatic rings. The minimum Gasteiger partial charge on any atom is -0.393 e. The zero-order valence-corrected chi connectivity index (χ0v) is 21.9. The van der Waals surface area contributed by atoms with Crippen molar-refractivity contribution in [2.24, 2.45) is 35.0 Å². The molecule has 1 spiro atoms. The van der Waals surface area contributed by atoms with E-state index in [1.54, 1.807) is 16.7 Å². The standard InChI is InChI=1S/C29H44ClNO2/c1-17-13-26-27(31(16-17)12-11-30)19(3)29(33-26)10-8-22-23-6-5-20-14-21(32)7-9-28(20,4)25(23)15-24(22)18(29)2/h5,17,19,21-23,25-27,32H,6-16H2,1-4H3/t17?,19-,21?,22+,23?,25+,26-,27?,28?,29+/m1/s1. The maximum absolute atomic E-state index is 10.3. The van der Waals surface area contributed by atoms with Crippen LogP contribution in [0, 0.1) is 35.0 Å². The normalized spacial score (nSPS) is 51.8. The molecule has 2 aliphatic heterocycles. The van der Waals surface area contributed by atoms with Crippen molar-refractivity contribution in [3.8, 4) is 0 Å². The Morgan fingerprint density at radius 3 is 2.82 bits per heavy atom. The first kappa shape index (κ1) is 23.1. The van der Waals surface area contributed by atoms with Crippen LogP contribution in [0.2, 0.25) is 0 Å². The second-order valence-corrected chi connectivity index (χ2v) is 13.3. The van der Waals surface area contributed by atoms with E-state index >= 15 is 0 Å². The Kier molecular flexibility index (Phi) is 5.65. The van der Waals surface area contributed by atoms with Crippen LogP contribution in [0.1, 0.15) is 79.1 Å². The van der Waals surface area contributed by atoms with Gasteiger partial charge in [0.05, 0.1) is 17.8 Å². The van der Waals surface area contributed by atoms with Gasteiger partial charge in [0.15, 0.2) is 0 Å². The molecule has 0 aromatic rings. The highest BCUT2D eigenvalue weighted by atomic mass is 35.5. The summed E-state index contributed by atoms with van der Waals surface area (Å²) in [5.74, 6) is 4.22. The highest BCUT2D eigenvalue weighted by molar-refractivity contribution is 6.18. The lowest BCUT2D eigenvalue weighted by Gasteiger charge is -2.49. The number of hydrogen-bond donors (Lipinski definition) is 1. The third-order valence-corrected chi connectivity index (χ3v) is 11.6. The van der Waals surface area contributed by atoms with Gasteiger partial charge in [0.1, 0.15) is 0 Å². The van der Waals surface area contributed by atoms with E-state index in [1.165, 1.54) is 38.6 Å². The van der Waals surface area contributed by atoms with Crippen molar-refractivity contribution in [1.29, 1.82) is 0 Å². The van der Waals surface area contributed by atoms with E-state index in [-0.39, 0.29) is 11.7 Å². The van der Waals surface area contributed by atoms with Gasteiger partial charge in [-0.3, -0.25) is 4.90 Å². The van der Waals surface area contributed by atoms with Crippen LogP contribution in [0.5, 0.6) is 0 Å². The van der Waals surface area contributed by atoms with E-state index in [2.05, 4.69) is 38.7 Å². The third-order valence-electron chi connectivity index (χ3n) is 11.5. The van der Waals surface area contributed by atoms with Gasteiger partial charge in [-0.25, -0.2) is 0 Å². The van der Waals surface area contributed by atoms with E-state index in [4.69, 9.17) is 16.3 Å². The van der Waals surface area contributed by atoms with Crippen molar-refractivity contribution in [2.75, 3.05) is 19.0 Å². The summed E-state index contributed by atoms with van der Waals surface area (Å²) >= 11 is 6.24. The first-order chi connectivity index (χ1) is 15.8. The first-order valence-electron chi connectivity index (χ1n) is 13.8. The number of ether oxygens (including phenoxy) is 1. The van der Waals surface area contributed by atoms with Gasteiger partial charge in [0, 0.05) is 30.9 Å². The molecule has 0 aromatic carbocycles. The quantitative estimate of drug-likeness (QED) is 0.397. The second kappa shape index (κ2) is 8.08. The molecule has 1 N–H and O–H groups in total. The number of alkyl halides is 1. The van der Waals surface area contributed by atoms with Crippen LogP contribution in [0.15, 0.2) is 22.8 Å². The van der Waals surface area contributed by atoms with E-state index in [9.17, 15) is 5.11 Å². The topological polar surface area (TPSA) is 32.7 Å². The fourth-order valence-electron chi connectivity index (χ4n) is 9.83. The molecule has 3 nitrogen and oxygen atoms in total. The zero-order valence-electron chi connectivity index (χ0n) is 21.2. The molecule has 0 bridgehead atoms. The summed E-state index contributed by atoms with van der Waals surface area (Å²) in [5, 5.41) is 10.3. The van der Waals surface area contributed by atoms with E-state index in [0.29, 0.717) is 35.3 Å². The number of halogens is 1. The summed E-state index contributed by atoms with van der Waals surface area (Å²) in [7, 11) is 0. The average Bonchev–Trinajstić information content (AvgIpc) is 3.29. The van der Waals surface area contributed by atoms with Crippen molar-refractivity contribution in [3.05, 3.63) is 22.8 Å². The summed E-state index contributed by atoms with van der Waals surface area (Å²) in [6.45, 7) is 12.0. The van der Waals surface area contributed by atoms with Gasteiger partial charge in [0.25, 0.3) is 0 Å². The van der Waals surface area contributed by atoms with Crippen molar-refractivity contribution in [2.45, 2.75) is 103 Å². The number of likely N-dealkylation sites (tertiary alicyclic amines) is 1. The van der Waals surface area contributed by atoms with Crippen molar-refractivity contribution in [3.63, 3.8) is 0 Å². The Morgan fingerprint density at radius 2 is 2.03 bits per heavy atom. The predicted molar refractivity (Wildman–Crippen MR) is 134 cm³/mol. The van der Waals surface area contributed by atoms with Gasteiger partial charge < -0.3 is 9.84 Å². The maximum Gasteiger partial charge on any atom is 0.0937 e. The fourth-order valence-corrected chi connectivity index (χ4v) is 10.0. The maximum atomic E-state index is 10.3. The summed E-state index contributed by atoms with van der Waals surface area (Å²) in [5.41, 5.74) is 5.16. The number of aliphatic hydroxyl groups is 1. The van der Waals surface area contributed by atoms with Gasteiger partial charge in [-0.05, 0) is 93.0 Å². The number of fused-ring (bicyclic) bond motifs is 6. The van der Waals surface area contributed by atoms with Crippen LogP contribution < -0.4 is 0 Å². The lowest BCUT2D eigenvalue weighted by molar-refractivity contribution is -0.0643. The Bertz CT molecular complexity index is 868. The van der Waals surface area contributed by atoms with E-state index < -0.39 is 0 Å². The van der Waals surface area contributed by atoms with E-state index in [1.807, 2.05) is 0 Å². The Hall–Kier alpha value is -0.350. The molecule has 10 atom stereocenters. The smallest absolute Gasteiger partial charge is 0.0937 e. The monoisotopic (exact) mass is 473 g/mol. The van der Waals surface area contributed by atoms with Crippen LogP contribution in [0.25, 0.3) is 0 Å². The largest absolute Gasteiger partial charge is 0.393 e. The minimum atomic E-state index is -0.122. The summed E-state index contributed by atoms with van der Waals surface area (Å²) < 4.78 is 7.18. The van der Waals surface area contributed by atoms with Crippen molar-refractivity contribution in [1.82, 2.24) is 4.90 Å². The average molecular weight is 474 g/mol. The fraction of sp³-hybridized carbons (Fsp3) is 0.862. The molecule has 2 saturated carbocycles. The molecule has 0 amide bonds. The van der Waals surface area contributed by atoms with Crippen molar-refractivity contribution < 1.29 is 9.84 Å².